The number of aliphatic hydroxyl groups is 1. The zero-order chi connectivity index (χ0) is 12.3. The molecule has 0 aliphatic carbocycles. The molecule has 90 valence electrons. The molecule has 0 spiro atoms. The van der Waals surface area contributed by atoms with E-state index in [0.29, 0.717) is 12.0 Å². The first-order valence-corrected chi connectivity index (χ1v) is 7.73. The summed E-state index contributed by atoms with van der Waals surface area (Å²) in [6.07, 6.45) is 0.590. The molecule has 1 rings (SSSR count). The Balaban J connectivity index is 3.00. The normalized spacial score (nSPS) is 15.8. The average molecular weight is 307 g/mol. The van der Waals surface area contributed by atoms with Crippen LogP contribution in [0.2, 0.25) is 0 Å². The lowest BCUT2D eigenvalue weighted by Gasteiger charge is -2.20. The minimum Gasteiger partial charge on any atom is -0.387 e. The summed E-state index contributed by atoms with van der Waals surface area (Å²) < 4.78 is 23.8. The fraction of sp³-hybridized carbons (Fsp3) is 0.455. The Labute approximate surface area is 105 Å². The summed E-state index contributed by atoms with van der Waals surface area (Å²) in [6.45, 7) is 1.76. The topological polar surface area (TPSA) is 54.4 Å². The maximum absolute atomic E-state index is 11.5. The highest BCUT2D eigenvalue weighted by Crippen LogP contribution is 2.25. The number of hydrogen-bond donors (Lipinski definition) is 1. The first-order chi connectivity index (χ1) is 7.36. The molecule has 2 atom stereocenters. The van der Waals surface area contributed by atoms with Crippen molar-refractivity contribution in [3.63, 3.8) is 0 Å². The SMILES string of the molecule is CCC(C(O)c1ccc(Br)cc1)S(C)(=O)=O. The molecule has 0 aliphatic rings. The van der Waals surface area contributed by atoms with Gasteiger partial charge in [-0.2, -0.15) is 0 Å². The van der Waals surface area contributed by atoms with Gasteiger partial charge in [0.25, 0.3) is 0 Å². The number of sulfone groups is 1. The Morgan fingerprint density at radius 3 is 2.19 bits per heavy atom. The van der Waals surface area contributed by atoms with E-state index in [1.165, 1.54) is 0 Å². The van der Waals surface area contributed by atoms with Gasteiger partial charge < -0.3 is 5.11 Å². The molecule has 0 fully saturated rings. The maximum atomic E-state index is 11.5. The number of benzene rings is 1. The highest BCUT2D eigenvalue weighted by atomic mass is 79.9. The molecular weight excluding hydrogens is 292 g/mol. The minimum absolute atomic E-state index is 0.399. The van der Waals surface area contributed by atoms with Gasteiger partial charge in [0, 0.05) is 10.7 Å². The van der Waals surface area contributed by atoms with Gasteiger partial charge in [-0.3, -0.25) is 0 Å². The quantitative estimate of drug-likeness (QED) is 0.928. The molecule has 3 nitrogen and oxygen atoms in total. The van der Waals surface area contributed by atoms with E-state index in [1.807, 2.05) is 0 Å². The van der Waals surface area contributed by atoms with Crippen molar-refractivity contribution in [2.75, 3.05) is 6.26 Å². The fourth-order valence-electron chi connectivity index (χ4n) is 1.63. The molecular formula is C11H15BrO3S. The summed E-state index contributed by atoms with van der Waals surface area (Å²) in [5, 5.41) is 9.27. The van der Waals surface area contributed by atoms with Crippen LogP contribution in [0, 0.1) is 0 Å². The second-order valence-electron chi connectivity index (χ2n) is 3.77. The molecule has 0 saturated heterocycles. The van der Waals surface area contributed by atoms with Crippen molar-refractivity contribution >= 4 is 25.8 Å². The van der Waals surface area contributed by atoms with Crippen molar-refractivity contribution in [3.05, 3.63) is 34.3 Å². The van der Waals surface area contributed by atoms with E-state index in [4.69, 9.17) is 0 Å². The Morgan fingerprint density at radius 2 is 1.81 bits per heavy atom. The summed E-state index contributed by atoms with van der Waals surface area (Å²) in [5.74, 6) is 0. The van der Waals surface area contributed by atoms with Gasteiger partial charge in [0.1, 0.15) is 0 Å². The standard InChI is InChI=1S/C11H15BrO3S/c1-3-10(16(2,14)15)11(13)8-4-6-9(12)7-5-8/h4-7,10-11,13H,3H2,1-2H3. The summed E-state index contributed by atoms with van der Waals surface area (Å²) in [6, 6.07) is 7.02. The maximum Gasteiger partial charge on any atom is 0.153 e. The van der Waals surface area contributed by atoms with Gasteiger partial charge in [0.2, 0.25) is 0 Å². The van der Waals surface area contributed by atoms with Gasteiger partial charge >= 0.3 is 0 Å². The summed E-state index contributed by atoms with van der Waals surface area (Å²) in [4.78, 5) is 0. The predicted octanol–water partition coefficient (Wildman–Crippen LogP) is 2.31. The van der Waals surface area contributed by atoms with Crippen LogP contribution in [0.25, 0.3) is 0 Å². The van der Waals surface area contributed by atoms with Crippen LogP contribution >= 0.6 is 15.9 Å². The lowest BCUT2D eigenvalue weighted by atomic mass is 10.1. The molecule has 0 radical (unpaired) electrons. The number of hydrogen-bond acceptors (Lipinski definition) is 3. The largest absolute Gasteiger partial charge is 0.387 e. The molecule has 0 aromatic heterocycles. The van der Waals surface area contributed by atoms with Gasteiger partial charge in [-0.15, -0.1) is 0 Å². The molecule has 0 heterocycles. The molecule has 0 saturated carbocycles. The predicted molar refractivity (Wildman–Crippen MR) is 68.0 cm³/mol. The van der Waals surface area contributed by atoms with Crippen LogP contribution in [-0.4, -0.2) is 25.0 Å². The number of halogens is 1. The molecule has 0 aliphatic heterocycles. The van der Waals surface area contributed by atoms with E-state index in [9.17, 15) is 13.5 Å². The van der Waals surface area contributed by atoms with Crippen molar-refractivity contribution in [2.24, 2.45) is 0 Å². The van der Waals surface area contributed by atoms with Crippen LogP contribution in [-0.2, 0) is 9.84 Å². The van der Waals surface area contributed by atoms with Gasteiger partial charge in [0.15, 0.2) is 9.84 Å². The first-order valence-electron chi connectivity index (χ1n) is 4.98. The molecule has 5 heteroatoms. The van der Waals surface area contributed by atoms with Crippen LogP contribution < -0.4 is 0 Å². The second kappa shape index (κ2) is 5.29. The van der Waals surface area contributed by atoms with E-state index < -0.39 is 21.2 Å². The molecule has 1 aromatic carbocycles. The Morgan fingerprint density at radius 1 is 1.31 bits per heavy atom. The van der Waals surface area contributed by atoms with Crippen molar-refractivity contribution in [1.82, 2.24) is 0 Å². The Bertz CT molecular complexity index is 439. The molecule has 0 bridgehead atoms. The van der Waals surface area contributed by atoms with Crippen molar-refractivity contribution in [3.8, 4) is 0 Å². The third-order valence-corrected chi connectivity index (χ3v) is 4.74. The van der Waals surface area contributed by atoms with Crippen LogP contribution in [0.5, 0.6) is 0 Å². The van der Waals surface area contributed by atoms with Crippen molar-refractivity contribution < 1.29 is 13.5 Å². The monoisotopic (exact) mass is 306 g/mol. The Kier molecular flexibility index (Phi) is 4.52. The summed E-state index contributed by atoms with van der Waals surface area (Å²) in [7, 11) is -3.23. The van der Waals surface area contributed by atoms with Crippen LogP contribution in [0.3, 0.4) is 0 Å². The van der Waals surface area contributed by atoms with Crippen molar-refractivity contribution in [1.29, 1.82) is 0 Å². The molecule has 16 heavy (non-hydrogen) atoms. The number of aliphatic hydroxyl groups excluding tert-OH is 1. The first kappa shape index (κ1) is 13.7. The molecule has 0 amide bonds. The van der Waals surface area contributed by atoms with Gasteiger partial charge in [0.05, 0.1) is 11.4 Å². The van der Waals surface area contributed by atoms with Gasteiger partial charge in [-0.25, -0.2) is 8.42 Å². The van der Waals surface area contributed by atoms with Crippen LogP contribution in [0.4, 0.5) is 0 Å². The van der Waals surface area contributed by atoms with E-state index in [0.717, 1.165) is 10.7 Å². The third-order valence-electron chi connectivity index (χ3n) is 2.52. The molecule has 2 unspecified atom stereocenters. The lowest BCUT2D eigenvalue weighted by Crippen LogP contribution is -2.26. The minimum atomic E-state index is -3.23. The second-order valence-corrected chi connectivity index (χ2v) is 6.95. The van der Waals surface area contributed by atoms with Gasteiger partial charge in [-0.05, 0) is 24.1 Å². The van der Waals surface area contributed by atoms with E-state index >= 15 is 0 Å². The van der Waals surface area contributed by atoms with E-state index in [2.05, 4.69) is 15.9 Å². The number of rotatable bonds is 4. The van der Waals surface area contributed by atoms with Crippen molar-refractivity contribution in [2.45, 2.75) is 24.7 Å². The highest BCUT2D eigenvalue weighted by molar-refractivity contribution is 9.10. The van der Waals surface area contributed by atoms with Crippen LogP contribution in [0.15, 0.2) is 28.7 Å². The third kappa shape index (κ3) is 3.30. The average Bonchev–Trinajstić information content (AvgIpc) is 2.17. The summed E-state index contributed by atoms with van der Waals surface area (Å²) in [5.41, 5.74) is 0.625. The molecule has 1 N–H and O–H groups in total. The van der Waals surface area contributed by atoms with E-state index in [1.54, 1.807) is 31.2 Å². The van der Waals surface area contributed by atoms with Gasteiger partial charge in [-0.1, -0.05) is 35.0 Å². The molecule has 1 aromatic rings. The summed E-state index contributed by atoms with van der Waals surface area (Å²) >= 11 is 3.29. The highest BCUT2D eigenvalue weighted by Gasteiger charge is 2.28. The smallest absolute Gasteiger partial charge is 0.153 e. The van der Waals surface area contributed by atoms with E-state index in [-0.39, 0.29) is 0 Å². The Hall–Kier alpha value is -0.390. The zero-order valence-electron chi connectivity index (χ0n) is 9.22. The lowest BCUT2D eigenvalue weighted by molar-refractivity contribution is 0.169. The van der Waals surface area contributed by atoms with Crippen LogP contribution in [0.1, 0.15) is 25.0 Å². The fourth-order valence-corrected chi connectivity index (χ4v) is 3.13. The zero-order valence-corrected chi connectivity index (χ0v) is 11.6.